The molecule has 3 aliphatic heterocycles. The molecule has 3 aliphatic rings. The number of benzene rings is 1. The van der Waals surface area contributed by atoms with E-state index in [2.05, 4.69) is 0 Å². The van der Waals surface area contributed by atoms with Gasteiger partial charge in [0, 0.05) is 23.8 Å². The number of fused-ring (bicyclic) bond motifs is 1. The topological polar surface area (TPSA) is 60.9 Å². The van der Waals surface area contributed by atoms with Gasteiger partial charge in [0.2, 0.25) is 5.91 Å². The van der Waals surface area contributed by atoms with E-state index in [0.717, 1.165) is 6.42 Å². The lowest BCUT2D eigenvalue weighted by atomic mass is 10.1. The molecular weight excluding hydrogens is 318 g/mol. The molecule has 0 aromatic heterocycles. The Balaban J connectivity index is 1.59. The summed E-state index contributed by atoms with van der Waals surface area (Å²) in [6, 6.07) is 5.66. The zero-order chi connectivity index (χ0) is 16.1. The van der Waals surface area contributed by atoms with Crippen molar-refractivity contribution in [1.82, 2.24) is 9.80 Å². The monoisotopic (exact) mass is 333 g/mol. The molecule has 0 saturated carbocycles. The van der Waals surface area contributed by atoms with Crippen molar-refractivity contribution in [2.75, 3.05) is 18.0 Å². The minimum Gasteiger partial charge on any atom is -0.312 e. The van der Waals surface area contributed by atoms with Gasteiger partial charge in [-0.15, -0.1) is 0 Å². The third-order valence-electron chi connectivity index (χ3n) is 4.84. The van der Waals surface area contributed by atoms with E-state index in [4.69, 9.17) is 11.6 Å². The van der Waals surface area contributed by atoms with E-state index in [-0.39, 0.29) is 23.9 Å². The largest absolute Gasteiger partial charge is 0.328 e. The maximum atomic E-state index is 12.7. The van der Waals surface area contributed by atoms with Crippen molar-refractivity contribution in [3.63, 3.8) is 0 Å². The van der Waals surface area contributed by atoms with Gasteiger partial charge in [-0.25, -0.2) is 9.69 Å². The minimum atomic E-state index is -0.695. The van der Waals surface area contributed by atoms with Gasteiger partial charge in [-0.05, 0) is 37.5 Å². The highest BCUT2D eigenvalue weighted by atomic mass is 35.5. The smallest absolute Gasteiger partial charge is 0.312 e. The van der Waals surface area contributed by atoms with Gasteiger partial charge < -0.3 is 9.80 Å². The number of halogens is 1. The molecule has 1 aromatic rings. The van der Waals surface area contributed by atoms with Crippen LogP contribution < -0.4 is 4.90 Å². The fourth-order valence-electron chi connectivity index (χ4n) is 3.74. The lowest BCUT2D eigenvalue weighted by molar-refractivity contribution is -0.133. The molecule has 6 nitrogen and oxygen atoms in total. The summed E-state index contributed by atoms with van der Waals surface area (Å²) in [4.78, 5) is 42.1. The minimum absolute atomic E-state index is 0.213. The van der Waals surface area contributed by atoms with Crippen LogP contribution in [0.1, 0.15) is 19.3 Å². The molecular formula is C16H16ClN3O3. The molecule has 23 heavy (non-hydrogen) atoms. The van der Waals surface area contributed by atoms with Crippen molar-refractivity contribution in [1.29, 1.82) is 0 Å². The predicted molar refractivity (Wildman–Crippen MR) is 84.2 cm³/mol. The Hall–Kier alpha value is -2.08. The second-order valence-electron chi connectivity index (χ2n) is 6.12. The van der Waals surface area contributed by atoms with Gasteiger partial charge in [0.1, 0.15) is 12.1 Å². The van der Waals surface area contributed by atoms with Gasteiger partial charge in [0.15, 0.2) is 0 Å². The Morgan fingerprint density at radius 1 is 1.00 bits per heavy atom. The third kappa shape index (κ3) is 2.12. The summed E-state index contributed by atoms with van der Waals surface area (Å²) in [6.07, 6.45) is 2.01. The Morgan fingerprint density at radius 2 is 1.83 bits per heavy atom. The molecule has 0 spiro atoms. The first-order valence-electron chi connectivity index (χ1n) is 7.78. The molecule has 2 atom stereocenters. The molecule has 7 heteroatoms. The van der Waals surface area contributed by atoms with E-state index in [1.165, 1.54) is 4.90 Å². The van der Waals surface area contributed by atoms with Gasteiger partial charge in [0.05, 0.1) is 0 Å². The Morgan fingerprint density at radius 3 is 2.57 bits per heavy atom. The molecule has 3 heterocycles. The van der Waals surface area contributed by atoms with Crippen LogP contribution in [0.2, 0.25) is 5.02 Å². The quantitative estimate of drug-likeness (QED) is 0.776. The number of urea groups is 1. The van der Waals surface area contributed by atoms with Crippen LogP contribution in [0, 0.1) is 0 Å². The first-order chi connectivity index (χ1) is 11.1. The molecule has 0 bridgehead atoms. The summed E-state index contributed by atoms with van der Waals surface area (Å²) >= 11 is 5.98. The lowest BCUT2D eigenvalue weighted by Gasteiger charge is -2.22. The molecule has 3 fully saturated rings. The van der Waals surface area contributed by atoms with E-state index >= 15 is 0 Å². The van der Waals surface area contributed by atoms with Crippen LogP contribution in [-0.4, -0.2) is 52.8 Å². The molecule has 3 saturated heterocycles. The zero-order valence-corrected chi connectivity index (χ0v) is 13.2. The Labute approximate surface area is 138 Å². The molecule has 0 radical (unpaired) electrons. The van der Waals surface area contributed by atoms with Crippen molar-refractivity contribution < 1.29 is 14.4 Å². The number of rotatable bonds is 2. The number of imide groups is 1. The average Bonchev–Trinajstić information content (AvgIpc) is 3.19. The van der Waals surface area contributed by atoms with Crippen LogP contribution in [0.5, 0.6) is 0 Å². The maximum absolute atomic E-state index is 12.7. The summed E-state index contributed by atoms with van der Waals surface area (Å²) in [5.41, 5.74) is 0.699. The molecule has 120 valence electrons. The van der Waals surface area contributed by atoms with Crippen molar-refractivity contribution in [3.05, 3.63) is 29.3 Å². The Bertz CT molecular complexity index is 686. The summed E-state index contributed by atoms with van der Waals surface area (Å²) in [5.74, 6) is -0.436. The van der Waals surface area contributed by atoms with Crippen molar-refractivity contribution in [3.8, 4) is 0 Å². The standard InChI is InChI=1S/C16H16ClN3O3/c17-10-3-1-4-11(9-10)18-8-6-13(14(18)21)20-15(22)12-5-2-7-19(12)16(20)23/h1,3-4,9,12-13H,2,5-8H2/t12-,13+/m0/s1. The number of nitrogens with zero attached hydrogens (tertiary/aromatic N) is 3. The highest BCUT2D eigenvalue weighted by Gasteiger charge is 2.53. The number of hydrogen-bond donors (Lipinski definition) is 0. The van der Waals surface area contributed by atoms with Crippen molar-refractivity contribution in [2.24, 2.45) is 0 Å². The number of carbonyl (C=O) groups is 3. The number of hydrogen-bond acceptors (Lipinski definition) is 3. The third-order valence-corrected chi connectivity index (χ3v) is 5.07. The summed E-state index contributed by atoms with van der Waals surface area (Å²) in [7, 11) is 0. The van der Waals surface area contributed by atoms with Gasteiger partial charge in [-0.1, -0.05) is 17.7 Å². The van der Waals surface area contributed by atoms with Gasteiger partial charge >= 0.3 is 6.03 Å². The molecule has 0 aliphatic carbocycles. The van der Waals surface area contributed by atoms with Crippen LogP contribution in [0.4, 0.5) is 10.5 Å². The van der Waals surface area contributed by atoms with Crippen molar-refractivity contribution >= 4 is 35.1 Å². The molecule has 0 N–H and O–H groups in total. The number of carbonyl (C=O) groups excluding carboxylic acids is 3. The van der Waals surface area contributed by atoms with E-state index in [0.29, 0.717) is 36.6 Å². The normalized spacial score (nSPS) is 27.3. The van der Waals surface area contributed by atoms with Crippen LogP contribution in [-0.2, 0) is 9.59 Å². The molecule has 1 aromatic carbocycles. The lowest BCUT2D eigenvalue weighted by Crippen LogP contribution is -2.46. The number of amides is 4. The number of anilines is 1. The van der Waals surface area contributed by atoms with E-state index < -0.39 is 6.04 Å². The fourth-order valence-corrected chi connectivity index (χ4v) is 3.92. The van der Waals surface area contributed by atoms with Gasteiger partial charge in [-0.2, -0.15) is 0 Å². The first kappa shape index (κ1) is 14.5. The van der Waals surface area contributed by atoms with Crippen LogP contribution in [0.15, 0.2) is 24.3 Å². The fraction of sp³-hybridized carbons (Fsp3) is 0.438. The predicted octanol–water partition coefficient (Wildman–Crippen LogP) is 1.87. The van der Waals surface area contributed by atoms with E-state index in [9.17, 15) is 14.4 Å². The Kier molecular flexibility index (Phi) is 3.30. The summed E-state index contributed by atoms with van der Waals surface area (Å²) in [5, 5.41) is 0.549. The van der Waals surface area contributed by atoms with Crippen molar-refractivity contribution in [2.45, 2.75) is 31.3 Å². The highest BCUT2D eigenvalue weighted by Crippen LogP contribution is 2.33. The molecule has 4 rings (SSSR count). The molecule has 4 amide bonds. The second-order valence-corrected chi connectivity index (χ2v) is 6.55. The van der Waals surface area contributed by atoms with Crippen LogP contribution in [0.25, 0.3) is 0 Å². The second kappa shape index (κ2) is 5.23. The summed E-state index contributed by atoms with van der Waals surface area (Å²) < 4.78 is 0. The average molecular weight is 334 g/mol. The zero-order valence-electron chi connectivity index (χ0n) is 12.4. The first-order valence-corrected chi connectivity index (χ1v) is 8.16. The van der Waals surface area contributed by atoms with Crippen LogP contribution >= 0.6 is 11.6 Å². The van der Waals surface area contributed by atoms with E-state index in [1.54, 1.807) is 34.1 Å². The SMILES string of the molecule is O=C1[C@H](N2C(=O)[C@@H]3CCCN3C2=O)CCN1c1cccc(Cl)c1. The van der Waals surface area contributed by atoms with Crippen LogP contribution in [0.3, 0.4) is 0 Å². The van der Waals surface area contributed by atoms with E-state index in [1.807, 2.05) is 0 Å². The summed E-state index contributed by atoms with van der Waals surface area (Å²) in [6.45, 7) is 1.08. The van der Waals surface area contributed by atoms with Gasteiger partial charge in [-0.3, -0.25) is 9.59 Å². The van der Waals surface area contributed by atoms with Gasteiger partial charge in [0.25, 0.3) is 5.91 Å². The highest BCUT2D eigenvalue weighted by molar-refractivity contribution is 6.31. The maximum Gasteiger partial charge on any atom is 0.328 e. The molecule has 0 unspecified atom stereocenters.